The minimum Gasteiger partial charge on any atom is -0.329 e. The molecule has 12 heavy (non-hydrogen) atoms. The second-order valence-corrected chi connectivity index (χ2v) is 4.84. The predicted molar refractivity (Wildman–Crippen MR) is 47.7 cm³/mol. The molecule has 0 bridgehead atoms. The Balaban J connectivity index is 3.58. The lowest BCUT2D eigenvalue weighted by atomic mass is 10.5. The smallest absolute Gasteiger partial charge is 0.243 e. The zero-order valence-corrected chi connectivity index (χ0v) is 8.81. The van der Waals surface area contributed by atoms with Gasteiger partial charge in [-0.3, -0.25) is 8.98 Å². The van der Waals surface area contributed by atoms with Gasteiger partial charge in [-0.05, 0) is 0 Å². The molecule has 0 aliphatic carbocycles. The van der Waals surface area contributed by atoms with E-state index in [1.165, 1.54) is 6.92 Å². The monoisotopic (exact) mass is 194 g/mol. The quantitative estimate of drug-likeness (QED) is 0.588. The molecule has 0 aliphatic rings. The summed E-state index contributed by atoms with van der Waals surface area (Å²) in [5.41, 5.74) is 0. The largest absolute Gasteiger partial charge is 0.329 e. The van der Waals surface area contributed by atoms with Gasteiger partial charge in [0.2, 0.25) is 16.2 Å². The number of hydrogen-bond donors (Lipinski definition) is 0. The first-order valence-corrected chi connectivity index (χ1v) is 4.76. The molecule has 0 rings (SSSR count). The standard InChI is InChI=1S/C7H16NO3S/c1-7(9)12(10)11-6-5-8(2,3)4/h5-6H2,1-4H3/q+1. The van der Waals surface area contributed by atoms with Crippen LogP contribution in [0.2, 0.25) is 0 Å². The molecule has 0 aromatic carbocycles. The predicted octanol–water partition coefficient (Wildman–Crippen LogP) is -0.0806. The second kappa shape index (κ2) is 4.69. The minimum atomic E-state index is -1.76. The van der Waals surface area contributed by atoms with Crippen LogP contribution in [0.5, 0.6) is 0 Å². The van der Waals surface area contributed by atoms with Gasteiger partial charge in [0, 0.05) is 6.92 Å². The Morgan fingerprint density at radius 3 is 2.25 bits per heavy atom. The van der Waals surface area contributed by atoms with E-state index in [0.717, 1.165) is 11.0 Å². The fraction of sp³-hybridized carbons (Fsp3) is 0.857. The summed E-state index contributed by atoms with van der Waals surface area (Å²) >= 11 is -1.76. The number of nitrogens with zero attached hydrogens (tertiary/aromatic N) is 1. The molecule has 0 amide bonds. The van der Waals surface area contributed by atoms with Gasteiger partial charge in [-0.25, -0.2) is 4.21 Å². The van der Waals surface area contributed by atoms with Crippen LogP contribution in [0.15, 0.2) is 0 Å². The summed E-state index contributed by atoms with van der Waals surface area (Å²) in [5.74, 6) is 0. The molecule has 0 saturated carbocycles. The average Bonchev–Trinajstić information content (AvgIpc) is 1.84. The van der Waals surface area contributed by atoms with Crippen molar-refractivity contribution < 1.29 is 17.7 Å². The SMILES string of the molecule is CC(=O)S(=O)OCC[N+](C)(C)C. The maximum Gasteiger partial charge on any atom is 0.243 e. The van der Waals surface area contributed by atoms with Crippen molar-refractivity contribution >= 4 is 16.2 Å². The van der Waals surface area contributed by atoms with Gasteiger partial charge in [-0.15, -0.1) is 0 Å². The van der Waals surface area contributed by atoms with Crippen LogP contribution in [0.25, 0.3) is 0 Å². The van der Waals surface area contributed by atoms with E-state index in [1.54, 1.807) is 0 Å². The fourth-order valence-electron chi connectivity index (χ4n) is 0.470. The Bertz CT molecular complexity index is 186. The Morgan fingerprint density at radius 1 is 1.42 bits per heavy atom. The third kappa shape index (κ3) is 6.45. The van der Waals surface area contributed by atoms with Crippen LogP contribution >= 0.6 is 0 Å². The summed E-state index contributed by atoms with van der Waals surface area (Å²) in [7, 11) is 6.00. The molecule has 0 aliphatic heterocycles. The van der Waals surface area contributed by atoms with Crippen LogP contribution in [0.3, 0.4) is 0 Å². The minimum absolute atomic E-state index is 0.343. The average molecular weight is 194 g/mol. The van der Waals surface area contributed by atoms with Gasteiger partial charge in [0.1, 0.15) is 13.2 Å². The molecule has 0 fully saturated rings. The lowest BCUT2D eigenvalue weighted by molar-refractivity contribution is -0.870. The molecule has 5 heteroatoms. The highest BCUT2D eigenvalue weighted by molar-refractivity contribution is 7.96. The van der Waals surface area contributed by atoms with Crippen LogP contribution in [0, 0.1) is 0 Å². The molecule has 1 unspecified atom stereocenters. The van der Waals surface area contributed by atoms with E-state index in [-0.39, 0.29) is 0 Å². The topological polar surface area (TPSA) is 43.4 Å². The van der Waals surface area contributed by atoms with E-state index in [1.807, 2.05) is 21.1 Å². The van der Waals surface area contributed by atoms with E-state index in [0.29, 0.717) is 6.61 Å². The first-order valence-electron chi connectivity index (χ1n) is 3.69. The normalized spacial score (nSPS) is 14.3. The van der Waals surface area contributed by atoms with E-state index >= 15 is 0 Å². The highest BCUT2D eigenvalue weighted by Crippen LogP contribution is 1.92. The van der Waals surface area contributed by atoms with Crippen molar-refractivity contribution in [3.63, 3.8) is 0 Å². The lowest BCUT2D eigenvalue weighted by Gasteiger charge is -2.22. The lowest BCUT2D eigenvalue weighted by Crippen LogP contribution is -2.37. The number of likely N-dealkylation sites (N-methyl/N-ethyl adjacent to an activating group) is 1. The van der Waals surface area contributed by atoms with Crippen molar-refractivity contribution in [3.8, 4) is 0 Å². The van der Waals surface area contributed by atoms with E-state index in [2.05, 4.69) is 0 Å². The molecule has 1 atom stereocenters. The molecule has 4 nitrogen and oxygen atoms in total. The molecular formula is C7H16NO3S+. The molecule has 0 spiro atoms. The summed E-state index contributed by atoms with van der Waals surface area (Å²) < 4.78 is 16.3. The van der Waals surface area contributed by atoms with Crippen molar-refractivity contribution in [2.24, 2.45) is 0 Å². The van der Waals surface area contributed by atoms with Gasteiger partial charge in [0.05, 0.1) is 21.1 Å². The van der Waals surface area contributed by atoms with Crippen molar-refractivity contribution in [1.82, 2.24) is 0 Å². The molecule has 0 saturated heterocycles. The summed E-state index contributed by atoms with van der Waals surface area (Å²) in [6.07, 6.45) is 0. The molecule has 0 aromatic rings. The first-order chi connectivity index (χ1) is 5.33. The second-order valence-electron chi connectivity index (χ2n) is 3.56. The van der Waals surface area contributed by atoms with Gasteiger partial charge in [0.15, 0.2) is 0 Å². The maximum atomic E-state index is 10.8. The van der Waals surface area contributed by atoms with Crippen molar-refractivity contribution in [3.05, 3.63) is 0 Å². The Labute approximate surface area is 75.8 Å². The zero-order valence-electron chi connectivity index (χ0n) is 7.99. The first kappa shape index (κ1) is 11.7. The number of rotatable bonds is 4. The molecule has 0 aromatic heterocycles. The van der Waals surface area contributed by atoms with Crippen molar-refractivity contribution in [2.75, 3.05) is 34.3 Å². The van der Waals surface area contributed by atoms with Crippen LogP contribution < -0.4 is 0 Å². The number of carbonyl (C=O) groups excluding carboxylic acids is 1. The summed E-state index contributed by atoms with van der Waals surface area (Å²) in [6, 6.07) is 0. The third-order valence-electron chi connectivity index (χ3n) is 1.19. The molecule has 0 heterocycles. The zero-order chi connectivity index (χ0) is 9.78. The fourth-order valence-corrected chi connectivity index (χ4v) is 0.862. The number of carbonyl (C=O) groups is 1. The maximum absolute atomic E-state index is 10.8. The van der Waals surface area contributed by atoms with Crippen molar-refractivity contribution in [2.45, 2.75) is 6.92 Å². The highest BCUT2D eigenvalue weighted by Gasteiger charge is 2.10. The van der Waals surface area contributed by atoms with Gasteiger partial charge in [-0.2, -0.15) is 0 Å². The molecule has 72 valence electrons. The van der Waals surface area contributed by atoms with Crippen molar-refractivity contribution in [1.29, 1.82) is 0 Å². The van der Waals surface area contributed by atoms with Gasteiger partial charge >= 0.3 is 0 Å². The molecule has 0 N–H and O–H groups in total. The van der Waals surface area contributed by atoms with Gasteiger partial charge in [0.25, 0.3) is 0 Å². The summed E-state index contributed by atoms with van der Waals surface area (Å²) in [4.78, 5) is 10.5. The number of quaternary nitrogens is 1. The molecule has 0 radical (unpaired) electrons. The van der Waals surface area contributed by atoms with Crippen LogP contribution in [-0.2, 0) is 20.1 Å². The summed E-state index contributed by atoms with van der Waals surface area (Å²) in [6.45, 7) is 2.33. The number of hydrogen-bond acceptors (Lipinski definition) is 3. The Hall–Kier alpha value is -0.260. The third-order valence-corrected chi connectivity index (χ3v) is 2.04. The van der Waals surface area contributed by atoms with E-state index in [4.69, 9.17) is 4.18 Å². The Kier molecular flexibility index (Phi) is 4.59. The van der Waals surface area contributed by atoms with E-state index < -0.39 is 16.2 Å². The van der Waals surface area contributed by atoms with Crippen LogP contribution in [-0.4, -0.2) is 48.1 Å². The van der Waals surface area contributed by atoms with Crippen LogP contribution in [0.1, 0.15) is 6.92 Å². The van der Waals surface area contributed by atoms with E-state index in [9.17, 15) is 9.00 Å². The Morgan fingerprint density at radius 2 is 1.92 bits per heavy atom. The highest BCUT2D eigenvalue weighted by atomic mass is 32.2. The van der Waals surface area contributed by atoms with Gasteiger partial charge < -0.3 is 4.48 Å². The molecular weight excluding hydrogens is 178 g/mol. The van der Waals surface area contributed by atoms with Gasteiger partial charge in [-0.1, -0.05) is 0 Å². The van der Waals surface area contributed by atoms with Crippen LogP contribution in [0.4, 0.5) is 0 Å². The summed E-state index contributed by atoms with van der Waals surface area (Å²) in [5, 5.41) is -0.434.